The molecule has 4 heteroatoms. The van der Waals surface area contributed by atoms with Gasteiger partial charge >= 0.3 is 0 Å². The number of piperidine rings is 1. The molecular weight excluding hydrogens is 202 g/mol. The lowest BCUT2D eigenvalue weighted by molar-refractivity contribution is -0.122. The molecule has 0 saturated carbocycles. The highest BCUT2D eigenvalue weighted by molar-refractivity contribution is 5.76. The predicted octanol–water partition coefficient (Wildman–Crippen LogP) is 0.444. The summed E-state index contributed by atoms with van der Waals surface area (Å²) in [5, 5.41) is 6.31. The van der Waals surface area contributed by atoms with Crippen molar-refractivity contribution in [2.75, 3.05) is 39.8 Å². The summed E-state index contributed by atoms with van der Waals surface area (Å²) in [7, 11) is 2.07. The van der Waals surface area contributed by atoms with Crippen LogP contribution in [0.2, 0.25) is 0 Å². The average Bonchev–Trinajstić information content (AvgIpc) is 2.30. The van der Waals surface area contributed by atoms with E-state index in [2.05, 4.69) is 29.5 Å². The van der Waals surface area contributed by atoms with Crippen LogP contribution in [-0.2, 0) is 4.79 Å². The lowest BCUT2D eigenvalue weighted by atomic mass is 9.94. The molecule has 0 unspecified atom stereocenters. The van der Waals surface area contributed by atoms with Crippen molar-refractivity contribution in [2.45, 2.75) is 26.2 Å². The highest BCUT2D eigenvalue weighted by Crippen LogP contribution is 2.15. The average molecular weight is 227 g/mol. The van der Waals surface area contributed by atoms with Gasteiger partial charge in [0.1, 0.15) is 0 Å². The van der Waals surface area contributed by atoms with Crippen LogP contribution in [0, 0.1) is 5.92 Å². The van der Waals surface area contributed by atoms with Crippen molar-refractivity contribution < 1.29 is 4.79 Å². The molecule has 1 aliphatic rings. The molecule has 0 radical (unpaired) electrons. The summed E-state index contributed by atoms with van der Waals surface area (Å²) < 4.78 is 0. The van der Waals surface area contributed by atoms with E-state index < -0.39 is 0 Å². The third-order valence-corrected chi connectivity index (χ3v) is 3.29. The first kappa shape index (κ1) is 13.5. The molecule has 1 saturated heterocycles. The standard InChI is InChI=1S/C12H25N3O/c1-3-15(2)9-8-14-12(16)10-11-4-6-13-7-5-11/h11,13H,3-10H2,1-2H3,(H,14,16). The van der Waals surface area contributed by atoms with E-state index in [4.69, 9.17) is 0 Å². The largest absolute Gasteiger partial charge is 0.355 e. The highest BCUT2D eigenvalue weighted by atomic mass is 16.1. The second kappa shape index (κ2) is 7.63. The zero-order valence-electron chi connectivity index (χ0n) is 10.6. The maximum absolute atomic E-state index is 11.6. The van der Waals surface area contributed by atoms with Crippen LogP contribution in [0.5, 0.6) is 0 Å². The molecule has 1 rings (SSSR count). The second-order valence-corrected chi connectivity index (χ2v) is 4.64. The molecule has 1 aliphatic heterocycles. The van der Waals surface area contributed by atoms with Gasteiger partial charge in [0.25, 0.3) is 0 Å². The summed E-state index contributed by atoms with van der Waals surface area (Å²) in [5.41, 5.74) is 0. The van der Waals surface area contributed by atoms with E-state index in [1.807, 2.05) is 0 Å². The fraction of sp³-hybridized carbons (Fsp3) is 0.917. The Hall–Kier alpha value is -0.610. The number of nitrogens with one attached hydrogen (secondary N) is 2. The van der Waals surface area contributed by atoms with Crippen molar-refractivity contribution in [3.63, 3.8) is 0 Å². The van der Waals surface area contributed by atoms with Gasteiger partial charge in [-0.2, -0.15) is 0 Å². The maximum atomic E-state index is 11.6. The van der Waals surface area contributed by atoms with E-state index in [0.29, 0.717) is 12.3 Å². The summed E-state index contributed by atoms with van der Waals surface area (Å²) >= 11 is 0. The van der Waals surface area contributed by atoms with Crippen molar-refractivity contribution in [3.05, 3.63) is 0 Å². The van der Waals surface area contributed by atoms with Gasteiger partial charge in [0, 0.05) is 19.5 Å². The number of amides is 1. The molecule has 0 aromatic heterocycles. The monoisotopic (exact) mass is 227 g/mol. The van der Waals surface area contributed by atoms with E-state index in [1.165, 1.54) is 0 Å². The third-order valence-electron chi connectivity index (χ3n) is 3.29. The van der Waals surface area contributed by atoms with Crippen molar-refractivity contribution >= 4 is 5.91 Å². The minimum Gasteiger partial charge on any atom is -0.355 e. The van der Waals surface area contributed by atoms with Gasteiger partial charge in [0.2, 0.25) is 5.91 Å². The Morgan fingerprint density at radius 1 is 1.44 bits per heavy atom. The van der Waals surface area contributed by atoms with Crippen LogP contribution >= 0.6 is 0 Å². The van der Waals surface area contributed by atoms with Gasteiger partial charge in [-0.25, -0.2) is 0 Å². The van der Waals surface area contributed by atoms with E-state index >= 15 is 0 Å². The summed E-state index contributed by atoms with van der Waals surface area (Å²) in [6.45, 7) is 7.00. The van der Waals surface area contributed by atoms with Crippen LogP contribution in [0.1, 0.15) is 26.2 Å². The molecular formula is C12H25N3O. The quantitative estimate of drug-likeness (QED) is 0.692. The van der Waals surface area contributed by atoms with Gasteiger partial charge in [0.15, 0.2) is 0 Å². The van der Waals surface area contributed by atoms with Crippen LogP contribution in [0.3, 0.4) is 0 Å². The summed E-state index contributed by atoms with van der Waals surface area (Å²) in [4.78, 5) is 13.8. The van der Waals surface area contributed by atoms with Crippen LogP contribution in [0.25, 0.3) is 0 Å². The number of carbonyl (C=O) groups excluding carboxylic acids is 1. The number of rotatable bonds is 6. The highest BCUT2D eigenvalue weighted by Gasteiger charge is 2.16. The van der Waals surface area contributed by atoms with Crippen LogP contribution in [-0.4, -0.2) is 50.6 Å². The van der Waals surface area contributed by atoms with Crippen molar-refractivity contribution in [1.82, 2.24) is 15.5 Å². The Kier molecular flexibility index (Phi) is 6.42. The molecule has 2 N–H and O–H groups in total. The number of hydrogen-bond donors (Lipinski definition) is 2. The first-order chi connectivity index (χ1) is 7.72. The molecule has 0 aliphatic carbocycles. The molecule has 1 heterocycles. The summed E-state index contributed by atoms with van der Waals surface area (Å²) in [5.74, 6) is 0.807. The normalized spacial score (nSPS) is 17.7. The number of nitrogens with zero attached hydrogens (tertiary/aromatic N) is 1. The Morgan fingerprint density at radius 3 is 2.75 bits per heavy atom. The van der Waals surface area contributed by atoms with Crippen molar-refractivity contribution in [1.29, 1.82) is 0 Å². The molecule has 4 nitrogen and oxygen atoms in total. The fourth-order valence-corrected chi connectivity index (χ4v) is 1.96. The second-order valence-electron chi connectivity index (χ2n) is 4.64. The Bertz CT molecular complexity index is 202. The lowest BCUT2D eigenvalue weighted by Crippen LogP contribution is -2.35. The molecule has 94 valence electrons. The smallest absolute Gasteiger partial charge is 0.220 e. The first-order valence-electron chi connectivity index (χ1n) is 6.38. The molecule has 1 fully saturated rings. The zero-order valence-corrected chi connectivity index (χ0v) is 10.6. The van der Waals surface area contributed by atoms with Gasteiger partial charge in [0.05, 0.1) is 0 Å². The number of hydrogen-bond acceptors (Lipinski definition) is 3. The fourth-order valence-electron chi connectivity index (χ4n) is 1.96. The van der Waals surface area contributed by atoms with Gasteiger partial charge in [-0.1, -0.05) is 6.92 Å². The Balaban J connectivity index is 2.05. The SMILES string of the molecule is CCN(C)CCNC(=O)CC1CCNCC1. The molecule has 0 spiro atoms. The van der Waals surface area contributed by atoms with Crippen LogP contribution < -0.4 is 10.6 Å². The van der Waals surface area contributed by atoms with Crippen LogP contribution in [0.15, 0.2) is 0 Å². The van der Waals surface area contributed by atoms with Crippen molar-refractivity contribution in [2.24, 2.45) is 5.92 Å². The van der Waals surface area contributed by atoms with E-state index in [1.54, 1.807) is 0 Å². The topological polar surface area (TPSA) is 44.4 Å². The van der Waals surface area contributed by atoms with E-state index in [0.717, 1.165) is 45.6 Å². The Labute approximate surface area is 98.8 Å². The molecule has 0 aromatic rings. The molecule has 1 amide bonds. The van der Waals surface area contributed by atoms with E-state index in [9.17, 15) is 4.79 Å². The van der Waals surface area contributed by atoms with Gasteiger partial charge in [-0.15, -0.1) is 0 Å². The summed E-state index contributed by atoms with van der Waals surface area (Å²) in [6.07, 6.45) is 2.99. The van der Waals surface area contributed by atoms with Crippen LogP contribution in [0.4, 0.5) is 0 Å². The molecule has 0 aromatic carbocycles. The number of likely N-dealkylation sites (N-methyl/N-ethyl adjacent to an activating group) is 1. The van der Waals surface area contributed by atoms with E-state index in [-0.39, 0.29) is 5.91 Å². The minimum absolute atomic E-state index is 0.219. The van der Waals surface area contributed by atoms with Gasteiger partial charge < -0.3 is 15.5 Å². The Morgan fingerprint density at radius 2 is 2.12 bits per heavy atom. The molecule has 16 heavy (non-hydrogen) atoms. The number of carbonyl (C=O) groups is 1. The third kappa shape index (κ3) is 5.47. The maximum Gasteiger partial charge on any atom is 0.220 e. The molecule has 0 bridgehead atoms. The predicted molar refractivity (Wildman–Crippen MR) is 66.4 cm³/mol. The first-order valence-corrected chi connectivity index (χ1v) is 6.38. The minimum atomic E-state index is 0.219. The van der Waals surface area contributed by atoms with Crippen molar-refractivity contribution in [3.8, 4) is 0 Å². The van der Waals surface area contributed by atoms with Gasteiger partial charge in [-0.05, 0) is 45.4 Å². The summed E-state index contributed by atoms with van der Waals surface area (Å²) in [6, 6.07) is 0. The lowest BCUT2D eigenvalue weighted by Gasteiger charge is -2.22. The molecule has 0 atom stereocenters. The van der Waals surface area contributed by atoms with Gasteiger partial charge in [-0.3, -0.25) is 4.79 Å². The zero-order chi connectivity index (χ0) is 11.8.